The fraction of sp³-hybridized carbons (Fsp3) is 0.158. The van der Waals surface area contributed by atoms with Crippen LogP contribution in [0.2, 0.25) is 0 Å². The van der Waals surface area contributed by atoms with Crippen LogP contribution in [0.4, 0.5) is 0 Å². The third-order valence-corrected chi connectivity index (χ3v) is 7.19. The summed E-state index contributed by atoms with van der Waals surface area (Å²) in [5.74, 6) is -0.125. The molecule has 0 amide bonds. The summed E-state index contributed by atoms with van der Waals surface area (Å²) in [5.41, 5.74) is 2.04. The minimum atomic E-state index is -0.346. The molecule has 0 bridgehead atoms. The van der Waals surface area contributed by atoms with Crippen molar-refractivity contribution in [1.82, 2.24) is 4.98 Å². The number of thiazole rings is 1. The first-order valence-electron chi connectivity index (χ1n) is 7.97. The fourth-order valence-electron chi connectivity index (χ4n) is 3.68. The largest absolute Gasteiger partial charge is 0.426 e. The van der Waals surface area contributed by atoms with E-state index in [1.165, 1.54) is 11.3 Å². The zero-order chi connectivity index (χ0) is 17.0. The Morgan fingerprint density at radius 2 is 1.72 bits per heavy atom. The summed E-state index contributed by atoms with van der Waals surface area (Å²) in [5, 5.41) is 0.777. The van der Waals surface area contributed by atoms with Crippen LogP contribution in [-0.4, -0.2) is 11.0 Å². The van der Waals surface area contributed by atoms with Crippen LogP contribution in [0, 0.1) is 5.92 Å². The van der Waals surface area contributed by atoms with Crippen molar-refractivity contribution in [1.29, 1.82) is 0 Å². The van der Waals surface area contributed by atoms with E-state index in [2.05, 4.69) is 4.98 Å². The molecule has 3 unspecified atom stereocenters. The number of para-hydroxylation sites is 1. The summed E-state index contributed by atoms with van der Waals surface area (Å²) in [6.07, 6.45) is 0. The van der Waals surface area contributed by atoms with Gasteiger partial charge in [-0.25, -0.2) is 0 Å². The molecule has 3 atom stereocenters. The number of aromatic nitrogens is 1. The van der Waals surface area contributed by atoms with E-state index in [9.17, 15) is 9.59 Å². The number of fused-ring (bicyclic) bond motifs is 5. The van der Waals surface area contributed by atoms with Gasteiger partial charge in [0.15, 0.2) is 0 Å². The molecule has 2 aliphatic heterocycles. The van der Waals surface area contributed by atoms with E-state index >= 15 is 0 Å². The highest BCUT2D eigenvalue weighted by Gasteiger charge is 2.49. The number of esters is 1. The van der Waals surface area contributed by atoms with Gasteiger partial charge in [-0.05, 0) is 11.6 Å². The maximum Gasteiger partial charge on any atom is 0.316 e. The highest BCUT2D eigenvalue weighted by Crippen LogP contribution is 2.58. The number of nitrogens with one attached hydrogen (secondary N) is 1. The maximum absolute atomic E-state index is 12.9. The van der Waals surface area contributed by atoms with Crippen molar-refractivity contribution >= 4 is 29.1 Å². The van der Waals surface area contributed by atoms with Gasteiger partial charge in [-0.2, -0.15) is 0 Å². The number of ether oxygens (including phenoxy) is 1. The van der Waals surface area contributed by atoms with Crippen molar-refractivity contribution in [3.8, 4) is 5.75 Å². The zero-order valence-electron chi connectivity index (χ0n) is 13.0. The van der Waals surface area contributed by atoms with Gasteiger partial charge < -0.3 is 9.72 Å². The van der Waals surface area contributed by atoms with E-state index < -0.39 is 0 Å². The van der Waals surface area contributed by atoms with Crippen molar-refractivity contribution in [3.05, 3.63) is 80.3 Å². The molecule has 3 aromatic rings. The van der Waals surface area contributed by atoms with Crippen molar-refractivity contribution < 1.29 is 9.53 Å². The number of thioether (sulfide) groups is 1. The van der Waals surface area contributed by atoms with Crippen molar-refractivity contribution in [2.45, 2.75) is 16.2 Å². The molecule has 4 nitrogen and oxygen atoms in total. The van der Waals surface area contributed by atoms with Crippen molar-refractivity contribution in [2.24, 2.45) is 5.92 Å². The fourth-order valence-corrected chi connectivity index (χ4v) is 6.26. The Morgan fingerprint density at radius 1 is 0.960 bits per heavy atom. The first kappa shape index (κ1) is 15.0. The number of carbonyl (C=O) groups is 1. The van der Waals surface area contributed by atoms with E-state index in [4.69, 9.17) is 4.74 Å². The van der Waals surface area contributed by atoms with Gasteiger partial charge in [0.25, 0.3) is 0 Å². The summed E-state index contributed by atoms with van der Waals surface area (Å²) in [4.78, 5) is 28.7. The highest BCUT2D eigenvalue weighted by molar-refractivity contribution is 7.99. The molecule has 0 saturated carbocycles. The van der Waals surface area contributed by atoms with Crippen LogP contribution >= 0.6 is 23.1 Å². The second kappa shape index (κ2) is 5.61. The summed E-state index contributed by atoms with van der Waals surface area (Å²) in [6.45, 7) is 0. The number of rotatable bonds is 1. The van der Waals surface area contributed by atoms with Crippen LogP contribution < -0.4 is 9.61 Å². The molecule has 0 radical (unpaired) electrons. The molecule has 1 N–H and O–H groups in total. The van der Waals surface area contributed by atoms with Gasteiger partial charge in [-0.3, -0.25) is 9.59 Å². The van der Waals surface area contributed by atoms with E-state index in [-0.39, 0.29) is 27.9 Å². The average molecular weight is 367 g/mol. The molecular formula is C19H13NO3S2. The van der Waals surface area contributed by atoms with Crippen LogP contribution in [-0.2, 0) is 4.79 Å². The number of carbonyl (C=O) groups excluding carboxylic acids is 1. The maximum atomic E-state index is 12.9. The van der Waals surface area contributed by atoms with Gasteiger partial charge in [0.1, 0.15) is 5.75 Å². The standard InChI is InChI=1S/C19H13NO3S2/c21-18-14-13(11-8-4-5-9-12(11)23-18)16-17(20-19(22)25-16)24-15(14)10-6-2-1-3-7-10/h1-9,13-15H,(H,20,22). The molecule has 2 aromatic carbocycles. The number of aromatic amines is 1. The second-order valence-corrected chi connectivity index (χ2v) is 8.29. The van der Waals surface area contributed by atoms with Gasteiger partial charge in [0.2, 0.25) is 0 Å². The normalized spacial score (nSPS) is 24.0. The van der Waals surface area contributed by atoms with Crippen molar-refractivity contribution in [2.75, 3.05) is 0 Å². The number of hydrogen-bond acceptors (Lipinski definition) is 5. The Balaban J connectivity index is 1.75. The van der Waals surface area contributed by atoms with E-state index in [1.807, 2.05) is 54.6 Å². The highest BCUT2D eigenvalue weighted by atomic mass is 32.2. The van der Waals surface area contributed by atoms with Crippen LogP contribution in [0.15, 0.2) is 64.4 Å². The number of H-pyrrole nitrogens is 1. The first-order valence-corrected chi connectivity index (χ1v) is 9.67. The van der Waals surface area contributed by atoms with Gasteiger partial charge >= 0.3 is 10.8 Å². The summed E-state index contributed by atoms with van der Waals surface area (Å²) in [7, 11) is 0. The molecule has 0 saturated heterocycles. The van der Waals surface area contributed by atoms with E-state index in [0.29, 0.717) is 5.75 Å². The van der Waals surface area contributed by atoms with Crippen LogP contribution in [0.1, 0.15) is 27.2 Å². The smallest absolute Gasteiger partial charge is 0.316 e. The van der Waals surface area contributed by atoms with Gasteiger partial charge in [0, 0.05) is 16.4 Å². The Kier molecular flexibility index (Phi) is 3.36. The summed E-state index contributed by atoms with van der Waals surface area (Å²) >= 11 is 2.75. The predicted octanol–water partition coefficient (Wildman–Crippen LogP) is 3.95. The molecule has 3 heterocycles. The van der Waals surface area contributed by atoms with Crippen LogP contribution in [0.5, 0.6) is 5.75 Å². The van der Waals surface area contributed by atoms with Crippen LogP contribution in [0.25, 0.3) is 0 Å². The molecule has 124 valence electrons. The summed E-state index contributed by atoms with van der Waals surface area (Å²) in [6, 6.07) is 17.6. The van der Waals surface area contributed by atoms with Gasteiger partial charge in [-0.1, -0.05) is 71.6 Å². The third kappa shape index (κ3) is 2.28. The lowest BCUT2D eigenvalue weighted by Gasteiger charge is -2.39. The molecule has 6 heteroatoms. The van der Waals surface area contributed by atoms with E-state index in [1.54, 1.807) is 11.8 Å². The Morgan fingerprint density at radius 3 is 2.56 bits per heavy atom. The molecule has 25 heavy (non-hydrogen) atoms. The van der Waals surface area contributed by atoms with Crippen LogP contribution in [0.3, 0.4) is 0 Å². The minimum absolute atomic E-state index is 0.0821. The second-order valence-electron chi connectivity index (χ2n) is 6.12. The number of hydrogen-bond donors (Lipinski definition) is 1. The average Bonchev–Trinajstić information content (AvgIpc) is 3.01. The molecule has 0 spiro atoms. The lowest BCUT2D eigenvalue weighted by atomic mass is 9.78. The molecule has 0 fully saturated rings. The molecule has 5 rings (SSSR count). The monoisotopic (exact) mass is 367 g/mol. The molecule has 0 aliphatic carbocycles. The Labute approximate surface area is 151 Å². The Bertz CT molecular complexity index is 1020. The van der Waals surface area contributed by atoms with Gasteiger partial charge in [-0.15, -0.1) is 0 Å². The predicted molar refractivity (Wildman–Crippen MR) is 97.4 cm³/mol. The summed E-state index contributed by atoms with van der Waals surface area (Å²) < 4.78 is 5.64. The molecule has 1 aromatic heterocycles. The quantitative estimate of drug-likeness (QED) is 0.523. The van der Waals surface area contributed by atoms with Crippen molar-refractivity contribution in [3.63, 3.8) is 0 Å². The third-order valence-electron chi connectivity index (χ3n) is 4.72. The lowest BCUT2D eigenvalue weighted by Crippen LogP contribution is -2.37. The van der Waals surface area contributed by atoms with E-state index in [0.717, 1.165) is 21.0 Å². The molecular weight excluding hydrogens is 354 g/mol. The number of benzene rings is 2. The zero-order valence-corrected chi connectivity index (χ0v) is 14.6. The molecule has 2 aliphatic rings. The minimum Gasteiger partial charge on any atom is -0.426 e. The lowest BCUT2D eigenvalue weighted by molar-refractivity contribution is -0.140. The SMILES string of the molecule is O=C1Oc2ccccc2C2c3sc(=O)[nH]c3SC(c3ccccc3)C12. The first-order chi connectivity index (χ1) is 12.2. The Hall–Kier alpha value is -2.31. The van der Waals surface area contributed by atoms with Gasteiger partial charge in [0.05, 0.1) is 16.2 Å². The topological polar surface area (TPSA) is 59.2 Å².